The van der Waals surface area contributed by atoms with Gasteiger partial charge in [0.25, 0.3) is 0 Å². The molecule has 1 aromatic carbocycles. The molecule has 1 fully saturated rings. The van der Waals surface area contributed by atoms with Crippen LogP contribution in [0.15, 0.2) is 35.3 Å². The van der Waals surface area contributed by atoms with E-state index in [0.717, 1.165) is 23.0 Å². The number of likely N-dealkylation sites (tertiary alicyclic amines) is 1. The quantitative estimate of drug-likeness (QED) is 0.709. The SMILES string of the molecule is Cn1c(=O)n(C(=O)N2CCCC2)c2nc(CCc3cccc(F)c3)ncc21. The largest absolute Gasteiger partial charge is 0.338 e. The summed E-state index contributed by atoms with van der Waals surface area (Å²) in [5.41, 5.74) is 1.27. The number of fused-ring (bicyclic) bond motifs is 1. The van der Waals surface area contributed by atoms with Crippen molar-refractivity contribution >= 4 is 17.2 Å². The molecule has 1 aliphatic heterocycles. The molecule has 0 bridgehead atoms. The Morgan fingerprint density at radius 1 is 1.22 bits per heavy atom. The summed E-state index contributed by atoms with van der Waals surface area (Å²) in [5, 5.41) is 0. The summed E-state index contributed by atoms with van der Waals surface area (Å²) in [4.78, 5) is 35.8. The number of imidazole rings is 1. The van der Waals surface area contributed by atoms with Crippen molar-refractivity contribution < 1.29 is 9.18 Å². The van der Waals surface area contributed by atoms with Crippen molar-refractivity contribution in [1.29, 1.82) is 0 Å². The molecule has 3 aromatic rings. The summed E-state index contributed by atoms with van der Waals surface area (Å²) < 4.78 is 15.8. The van der Waals surface area contributed by atoms with Gasteiger partial charge in [-0.3, -0.25) is 4.57 Å². The number of hydrogen-bond acceptors (Lipinski definition) is 4. The summed E-state index contributed by atoms with van der Waals surface area (Å²) in [5.74, 6) is 0.234. The van der Waals surface area contributed by atoms with E-state index in [9.17, 15) is 14.0 Å². The van der Waals surface area contributed by atoms with Crippen LogP contribution in [-0.2, 0) is 19.9 Å². The van der Waals surface area contributed by atoms with Crippen LogP contribution in [0.5, 0.6) is 0 Å². The minimum atomic E-state index is -0.418. The van der Waals surface area contributed by atoms with Gasteiger partial charge in [0, 0.05) is 26.6 Å². The molecular formula is C19H20FN5O2. The standard InChI is InChI=1S/C19H20FN5O2/c1-23-15-12-21-16(8-7-13-5-4-6-14(20)11-13)22-17(15)25(18(23)26)19(27)24-9-2-3-10-24/h4-6,11-12H,2-3,7-10H2,1H3. The second kappa shape index (κ2) is 6.94. The first kappa shape index (κ1) is 17.4. The van der Waals surface area contributed by atoms with Gasteiger partial charge < -0.3 is 4.90 Å². The van der Waals surface area contributed by atoms with E-state index in [0.29, 0.717) is 42.9 Å². The molecule has 0 unspecified atom stereocenters. The zero-order chi connectivity index (χ0) is 19.0. The molecule has 1 saturated heterocycles. The molecule has 3 heterocycles. The first-order valence-electron chi connectivity index (χ1n) is 9.01. The number of aryl methyl sites for hydroxylation is 3. The highest BCUT2D eigenvalue weighted by Gasteiger charge is 2.25. The molecule has 7 nitrogen and oxygen atoms in total. The van der Waals surface area contributed by atoms with Gasteiger partial charge in [0.2, 0.25) is 0 Å². The van der Waals surface area contributed by atoms with Crippen LogP contribution < -0.4 is 5.69 Å². The van der Waals surface area contributed by atoms with Crippen LogP contribution in [-0.4, -0.2) is 43.1 Å². The average molecular weight is 369 g/mol. The second-order valence-electron chi connectivity index (χ2n) is 6.78. The minimum absolute atomic E-state index is 0.281. The first-order valence-corrected chi connectivity index (χ1v) is 9.01. The summed E-state index contributed by atoms with van der Waals surface area (Å²) in [6, 6.07) is 6.06. The smallest absolute Gasteiger partial charge is 0.324 e. The third kappa shape index (κ3) is 3.22. The maximum atomic E-state index is 13.3. The van der Waals surface area contributed by atoms with Crippen molar-refractivity contribution in [2.75, 3.05) is 13.1 Å². The highest BCUT2D eigenvalue weighted by Crippen LogP contribution is 2.15. The number of amides is 1. The van der Waals surface area contributed by atoms with Crippen molar-refractivity contribution in [2.45, 2.75) is 25.7 Å². The molecule has 140 valence electrons. The van der Waals surface area contributed by atoms with Crippen molar-refractivity contribution in [2.24, 2.45) is 7.05 Å². The van der Waals surface area contributed by atoms with Crippen molar-refractivity contribution in [3.63, 3.8) is 0 Å². The van der Waals surface area contributed by atoms with E-state index >= 15 is 0 Å². The fraction of sp³-hybridized carbons (Fsp3) is 0.368. The Morgan fingerprint density at radius 2 is 2.00 bits per heavy atom. The van der Waals surface area contributed by atoms with Gasteiger partial charge in [-0.1, -0.05) is 12.1 Å². The molecule has 0 saturated carbocycles. The van der Waals surface area contributed by atoms with Gasteiger partial charge in [-0.15, -0.1) is 0 Å². The van der Waals surface area contributed by atoms with Crippen LogP contribution >= 0.6 is 0 Å². The Balaban J connectivity index is 1.67. The number of carbonyl (C=O) groups excluding carboxylic acids is 1. The minimum Gasteiger partial charge on any atom is -0.324 e. The molecule has 0 spiro atoms. The molecule has 27 heavy (non-hydrogen) atoms. The Morgan fingerprint density at radius 3 is 2.74 bits per heavy atom. The zero-order valence-corrected chi connectivity index (χ0v) is 15.1. The number of carbonyl (C=O) groups is 1. The summed E-state index contributed by atoms with van der Waals surface area (Å²) in [7, 11) is 1.61. The van der Waals surface area contributed by atoms with E-state index in [4.69, 9.17) is 0 Å². The van der Waals surface area contributed by atoms with Gasteiger partial charge in [-0.2, -0.15) is 4.57 Å². The van der Waals surface area contributed by atoms with Crippen LogP contribution in [0, 0.1) is 5.82 Å². The number of aromatic nitrogens is 4. The van der Waals surface area contributed by atoms with Gasteiger partial charge in [-0.05, 0) is 37.0 Å². The van der Waals surface area contributed by atoms with Crippen LogP contribution in [0.4, 0.5) is 9.18 Å². The highest BCUT2D eigenvalue weighted by atomic mass is 19.1. The van der Waals surface area contributed by atoms with Crippen molar-refractivity contribution in [1.82, 2.24) is 24.0 Å². The van der Waals surface area contributed by atoms with E-state index < -0.39 is 5.69 Å². The van der Waals surface area contributed by atoms with Crippen LogP contribution in [0.2, 0.25) is 0 Å². The lowest BCUT2D eigenvalue weighted by Crippen LogP contribution is -2.38. The third-order valence-corrected chi connectivity index (χ3v) is 4.95. The van der Waals surface area contributed by atoms with E-state index in [-0.39, 0.29) is 11.8 Å². The topological polar surface area (TPSA) is 73.0 Å². The predicted octanol–water partition coefficient (Wildman–Crippen LogP) is 2.12. The molecular weight excluding hydrogens is 349 g/mol. The van der Waals surface area contributed by atoms with Gasteiger partial charge in [0.1, 0.15) is 17.2 Å². The number of halogens is 1. The Bertz CT molecular complexity index is 1070. The first-order chi connectivity index (χ1) is 13.0. The Hall–Kier alpha value is -3.03. The molecule has 0 aliphatic carbocycles. The van der Waals surface area contributed by atoms with Gasteiger partial charge in [0.15, 0.2) is 5.65 Å². The lowest BCUT2D eigenvalue weighted by atomic mass is 10.1. The number of nitrogens with zero attached hydrogens (tertiary/aromatic N) is 5. The van der Waals surface area contributed by atoms with Gasteiger partial charge in [0.05, 0.1) is 6.20 Å². The number of hydrogen-bond donors (Lipinski definition) is 0. The van der Waals surface area contributed by atoms with Crippen LogP contribution in [0.3, 0.4) is 0 Å². The summed E-state index contributed by atoms with van der Waals surface area (Å²) >= 11 is 0. The van der Waals surface area contributed by atoms with Crippen LogP contribution in [0.25, 0.3) is 11.2 Å². The van der Waals surface area contributed by atoms with Crippen molar-refractivity contribution in [3.8, 4) is 0 Å². The number of rotatable bonds is 3. The fourth-order valence-electron chi connectivity index (χ4n) is 3.44. The lowest BCUT2D eigenvalue weighted by molar-refractivity contribution is 0.210. The van der Waals surface area contributed by atoms with Gasteiger partial charge in [-0.25, -0.2) is 23.9 Å². The number of benzene rings is 1. The van der Waals surface area contributed by atoms with Crippen LogP contribution in [0.1, 0.15) is 24.2 Å². The fourth-order valence-corrected chi connectivity index (χ4v) is 3.44. The molecule has 1 amide bonds. The summed E-state index contributed by atoms with van der Waals surface area (Å²) in [6.07, 6.45) is 4.51. The van der Waals surface area contributed by atoms with Crippen molar-refractivity contribution in [3.05, 3.63) is 58.2 Å². The molecule has 2 aromatic heterocycles. The third-order valence-electron chi connectivity index (χ3n) is 4.95. The Kier molecular flexibility index (Phi) is 4.47. The normalized spacial score (nSPS) is 14.2. The molecule has 0 N–H and O–H groups in total. The molecule has 8 heteroatoms. The Labute approximate surface area is 155 Å². The van der Waals surface area contributed by atoms with E-state index in [1.807, 2.05) is 6.07 Å². The monoisotopic (exact) mass is 369 g/mol. The maximum Gasteiger partial charge on any atom is 0.338 e. The summed E-state index contributed by atoms with van der Waals surface area (Å²) in [6.45, 7) is 1.30. The van der Waals surface area contributed by atoms with Gasteiger partial charge >= 0.3 is 11.7 Å². The molecule has 0 radical (unpaired) electrons. The van der Waals surface area contributed by atoms with E-state index in [1.165, 1.54) is 16.7 Å². The van der Waals surface area contributed by atoms with E-state index in [2.05, 4.69) is 9.97 Å². The lowest BCUT2D eigenvalue weighted by Gasteiger charge is -2.14. The zero-order valence-electron chi connectivity index (χ0n) is 15.1. The second-order valence-corrected chi connectivity index (χ2v) is 6.78. The highest BCUT2D eigenvalue weighted by molar-refractivity contribution is 5.87. The predicted molar refractivity (Wildman–Crippen MR) is 98.2 cm³/mol. The molecule has 1 aliphatic rings. The maximum absolute atomic E-state index is 13.3. The van der Waals surface area contributed by atoms with E-state index in [1.54, 1.807) is 24.2 Å². The average Bonchev–Trinajstić information content (AvgIpc) is 3.28. The molecule has 4 rings (SSSR count). The molecule has 0 atom stereocenters.